The number of nitrogens with zero attached hydrogens (tertiary/aromatic N) is 1. The normalized spacial score (nSPS) is 14.0. The summed E-state index contributed by atoms with van der Waals surface area (Å²) in [5, 5.41) is 0.302. The molecule has 0 unspecified atom stereocenters. The maximum atomic E-state index is 13.3. The minimum atomic E-state index is -4.11. The molecular formula is C25H23ClN2O5S. The number of rotatable bonds is 6. The summed E-state index contributed by atoms with van der Waals surface area (Å²) in [6.45, 7) is 3.54. The van der Waals surface area contributed by atoms with Crippen molar-refractivity contribution in [1.29, 1.82) is 0 Å². The number of amides is 1. The molecule has 0 radical (unpaired) electrons. The molecule has 176 valence electrons. The molecule has 34 heavy (non-hydrogen) atoms. The fourth-order valence-corrected chi connectivity index (χ4v) is 4.96. The highest BCUT2D eigenvalue weighted by molar-refractivity contribution is 7.92. The maximum Gasteiger partial charge on any atom is 0.261 e. The van der Waals surface area contributed by atoms with E-state index in [1.54, 1.807) is 48.2 Å². The van der Waals surface area contributed by atoms with Crippen molar-refractivity contribution in [3.05, 3.63) is 94.0 Å². The fourth-order valence-electron chi connectivity index (χ4n) is 3.68. The summed E-state index contributed by atoms with van der Waals surface area (Å²) in [6.07, 6.45) is 0. The number of ketones is 1. The minimum absolute atomic E-state index is 0.0808. The van der Waals surface area contributed by atoms with Crippen LogP contribution >= 0.6 is 11.6 Å². The van der Waals surface area contributed by atoms with E-state index in [-0.39, 0.29) is 27.8 Å². The number of hydrogen-bond donors (Lipinski definition) is 1. The lowest BCUT2D eigenvalue weighted by atomic mass is 10.0. The van der Waals surface area contributed by atoms with E-state index < -0.39 is 10.0 Å². The van der Waals surface area contributed by atoms with Crippen molar-refractivity contribution in [2.24, 2.45) is 0 Å². The predicted molar refractivity (Wildman–Crippen MR) is 130 cm³/mol. The number of nitrogens with one attached hydrogen (secondary N) is 1. The Morgan fingerprint density at radius 1 is 0.941 bits per heavy atom. The fraction of sp³-hybridized carbons (Fsp3) is 0.200. The Bertz CT molecular complexity index is 1340. The van der Waals surface area contributed by atoms with Gasteiger partial charge in [-0.2, -0.15) is 0 Å². The van der Waals surface area contributed by atoms with E-state index in [9.17, 15) is 18.0 Å². The van der Waals surface area contributed by atoms with Gasteiger partial charge in [-0.25, -0.2) is 8.42 Å². The number of carbonyl (C=O) groups is 2. The quantitative estimate of drug-likeness (QED) is 0.515. The van der Waals surface area contributed by atoms with E-state index in [0.717, 1.165) is 0 Å². The molecule has 3 aromatic rings. The molecule has 1 fully saturated rings. The van der Waals surface area contributed by atoms with Crippen molar-refractivity contribution in [3.63, 3.8) is 0 Å². The molecule has 0 atom stereocenters. The molecular weight excluding hydrogens is 476 g/mol. The lowest BCUT2D eigenvalue weighted by Crippen LogP contribution is -2.41. The Morgan fingerprint density at radius 2 is 1.65 bits per heavy atom. The van der Waals surface area contributed by atoms with E-state index in [1.807, 2.05) is 0 Å². The highest BCUT2D eigenvalue weighted by Gasteiger charge is 2.24. The molecule has 3 aromatic carbocycles. The molecule has 0 aromatic heterocycles. The van der Waals surface area contributed by atoms with Gasteiger partial charge in [0.25, 0.3) is 15.9 Å². The first kappa shape index (κ1) is 23.9. The summed E-state index contributed by atoms with van der Waals surface area (Å²) < 4.78 is 34.3. The molecule has 1 aliphatic heterocycles. The van der Waals surface area contributed by atoms with Crippen LogP contribution in [0.1, 0.15) is 31.8 Å². The Labute approximate surface area is 203 Å². The summed E-state index contributed by atoms with van der Waals surface area (Å²) >= 11 is 6.10. The zero-order valence-electron chi connectivity index (χ0n) is 18.5. The number of carbonyl (C=O) groups excluding carboxylic acids is 2. The Kier molecular flexibility index (Phi) is 7.02. The van der Waals surface area contributed by atoms with Crippen molar-refractivity contribution in [3.8, 4) is 0 Å². The number of anilines is 1. The van der Waals surface area contributed by atoms with Gasteiger partial charge in [-0.1, -0.05) is 48.0 Å². The van der Waals surface area contributed by atoms with Crippen LogP contribution in [-0.2, 0) is 14.8 Å². The van der Waals surface area contributed by atoms with Crippen LogP contribution in [0.2, 0.25) is 5.02 Å². The predicted octanol–water partition coefficient (Wildman–Crippen LogP) is 4.15. The van der Waals surface area contributed by atoms with Gasteiger partial charge in [-0.15, -0.1) is 0 Å². The van der Waals surface area contributed by atoms with Crippen LogP contribution in [-0.4, -0.2) is 51.3 Å². The third kappa shape index (κ3) is 5.14. The first-order chi connectivity index (χ1) is 16.3. The Hall–Kier alpha value is -3.20. The molecule has 1 N–H and O–H groups in total. The average molecular weight is 499 g/mol. The van der Waals surface area contributed by atoms with Gasteiger partial charge in [0.15, 0.2) is 5.78 Å². The van der Waals surface area contributed by atoms with Crippen molar-refractivity contribution < 1.29 is 22.7 Å². The summed E-state index contributed by atoms with van der Waals surface area (Å²) in [4.78, 5) is 27.6. The monoisotopic (exact) mass is 498 g/mol. The molecule has 0 saturated carbocycles. The summed E-state index contributed by atoms with van der Waals surface area (Å²) in [5.41, 5.74) is 1.60. The van der Waals surface area contributed by atoms with Gasteiger partial charge in [0.2, 0.25) is 0 Å². The SMILES string of the molecule is Cc1ccc(S(=O)(=O)Nc2ccc(Cl)cc2C(=O)c2ccccc2)cc1C(=O)N1CCOCC1. The van der Waals surface area contributed by atoms with Crippen LogP contribution in [0.3, 0.4) is 0 Å². The van der Waals surface area contributed by atoms with Gasteiger partial charge in [-0.3, -0.25) is 14.3 Å². The average Bonchev–Trinajstić information content (AvgIpc) is 2.85. The van der Waals surface area contributed by atoms with Crippen molar-refractivity contribution in [2.45, 2.75) is 11.8 Å². The van der Waals surface area contributed by atoms with Crippen LogP contribution in [0.5, 0.6) is 0 Å². The zero-order valence-corrected chi connectivity index (χ0v) is 20.0. The number of aryl methyl sites for hydroxylation is 1. The molecule has 0 spiro atoms. The third-order valence-electron chi connectivity index (χ3n) is 5.55. The highest BCUT2D eigenvalue weighted by Crippen LogP contribution is 2.27. The number of benzene rings is 3. The largest absolute Gasteiger partial charge is 0.378 e. The maximum absolute atomic E-state index is 13.3. The van der Waals surface area contributed by atoms with Gasteiger partial charge < -0.3 is 9.64 Å². The Balaban J connectivity index is 1.67. The molecule has 1 amide bonds. The van der Waals surface area contributed by atoms with Crippen LogP contribution in [0, 0.1) is 6.92 Å². The molecule has 9 heteroatoms. The van der Waals surface area contributed by atoms with Gasteiger partial charge in [0.1, 0.15) is 0 Å². The summed E-state index contributed by atoms with van der Waals surface area (Å²) in [7, 11) is -4.11. The number of ether oxygens (including phenoxy) is 1. The second-order valence-corrected chi connectivity index (χ2v) is 9.99. The van der Waals surface area contributed by atoms with E-state index in [2.05, 4.69) is 4.72 Å². The molecule has 1 heterocycles. The summed E-state index contributed by atoms with van der Waals surface area (Å²) in [6, 6.07) is 17.3. The van der Waals surface area contributed by atoms with Gasteiger partial charge in [0, 0.05) is 34.8 Å². The number of sulfonamides is 1. The minimum Gasteiger partial charge on any atom is -0.378 e. The first-order valence-electron chi connectivity index (χ1n) is 10.7. The van der Waals surface area contributed by atoms with Crippen molar-refractivity contribution >= 4 is 39.0 Å². The van der Waals surface area contributed by atoms with Crippen LogP contribution in [0.15, 0.2) is 71.6 Å². The lowest BCUT2D eigenvalue weighted by Gasteiger charge is -2.27. The van der Waals surface area contributed by atoms with E-state index >= 15 is 0 Å². The molecule has 7 nitrogen and oxygen atoms in total. The molecule has 1 aliphatic rings. The number of halogens is 1. The standard InChI is InChI=1S/C25H23ClN2O5S/c1-17-7-9-20(16-21(17)25(30)28-11-13-33-14-12-28)34(31,32)27-23-10-8-19(26)15-22(23)24(29)18-5-3-2-4-6-18/h2-10,15-16,27H,11-14H2,1H3. The van der Waals surface area contributed by atoms with Crippen molar-refractivity contribution in [2.75, 3.05) is 31.0 Å². The van der Waals surface area contributed by atoms with Gasteiger partial charge in [-0.05, 0) is 42.8 Å². The second-order valence-electron chi connectivity index (χ2n) is 7.87. The summed E-state index contributed by atoms with van der Waals surface area (Å²) in [5.74, 6) is -0.614. The van der Waals surface area contributed by atoms with Crippen LogP contribution < -0.4 is 4.72 Å². The highest BCUT2D eigenvalue weighted by atomic mass is 35.5. The lowest BCUT2D eigenvalue weighted by molar-refractivity contribution is 0.0302. The topological polar surface area (TPSA) is 92.8 Å². The molecule has 4 rings (SSSR count). The van der Waals surface area contributed by atoms with E-state index in [4.69, 9.17) is 16.3 Å². The van der Waals surface area contributed by atoms with Gasteiger partial charge >= 0.3 is 0 Å². The smallest absolute Gasteiger partial charge is 0.261 e. The van der Waals surface area contributed by atoms with Crippen LogP contribution in [0.25, 0.3) is 0 Å². The van der Waals surface area contributed by atoms with Crippen molar-refractivity contribution in [1.82, 2.24) is 4.90 Å². The molecule has 0 bridgehead atoms. The van der Waals surface area contributed by atoms with Gasteiger partial charge in [0.05, 0.1) is 23.8 Å². The zero-order chi connectivity index (χ0) is 24.3. The van der Waals surface area contributed by atoms with E-state index in [0.29, 0.717) is 48.0 Å². The first-order valence-corrected chi connectivity index (χ1v) is 12.5. The van der Waals surface area contributed by atoms with Crippen LogP contribution in [0.4, 0.5) is 5.69 Å². The second kappa shape index (κ2) is 9.97. The third-order valence-corrected chi connectivity index (χ3v) is 7.15. The van der Waals surface area contributed by atoms with E-state index in [1.165, 1.54) is 30.3 Å². The Morgan fingerprint density at radius 3 is 2.35 bits per heavy atom. The number of hydrogen-bond acceptors (Lipinski definition) is 5. The molecule has 0 aliphatic carbocycles. The number of morpholine rings is 1. The molecule has 1 saturated heterocycles.